The summed E-state index contributed by atoms with van der Waals surface area (Å²) in [6.07, 6.45) is 10.7. The van der Waals surface area contributed by atoms with Crippen molar-refractivity contribution < 1.29 is 135 Å². The molecule has 532 valence electrons. The molecule has 4 heterocycles. The van der Waals surface area contributed by atoms with Crippen LogP contribution < -0.4 is 30.6 Å². The molecule has 0 aliphatic heterocycles. The van der Waals surface area contributed by atoms with E-state index in [0.29, 0.717) is 38.5 Å². The summed E-state index contributed by atoms with van der Waals surface area (Å²) < 4.78 is 0. The smallest absolute Gasteiger partial charge is 0.549 e. The van der Waals surface area contributed by atoms with Crippen molar-refractivity contribution in [2.75, 3.05) is 0 Å². The summed E-state index contributed by atoms with van der Waals surface area (Å²) in [6.45, 7) is 11.0. The number of carbonyl (C=O) groups is 6. The molecular weight excluding hydrogens is 1590 g/mol. The molecule has 0 unspecified atom stereocenters. The van der Waals surface area contributed by atoms with Gasteiger partial charge in [0, 0.05) is 118 Å². The number of aromatic nitrogens is 4. The molecule has 6 atom stereocenters. The number of carboxylic acids is 6. The van der Waals surface area contributed by atoms with Gasteiger partial charge in [-0.25, -0.2) is 0 Å². The van der Waals surface area contributed by atoms with Crippen molar-refractivity contribution in [3.63, 3.8) is 0 Å². The third kappa shape index (κ3) is 28.3. The van der Waals surface area contributed by atoms with Gasteiger partial charge < -0.3 is 59.4 Å². The fourth-order valence-electron chi connectivity index (χ4n) is 10.7. The number of aliphatic carboxylic acids is 6. The zero-order chi connectivity index (χ0) is 72.6. The average Bonchev–Trinajstić information content (AvgIpc) is 0.803. The molecule has 12 rings (SSSR count). The number of fused-ring (bicyclic) bond motifs is 6. The Morgan fingerprint density at radius 2 is 0.363 bits per heavy atom. The number of carbonyl (C=O) groups excluding carboxylic acids is 6. The first-order valence-corrected chi connectivity index (χ1v) is 33.1. The first-order chi connectivity index (χ1) is 48.4. The van der Waals surface area contributed by atoms with Gasteiger partial charge in [-0.2, -0.15) is 0 Å². The first kappa shape index (κ1) is 87.0. The molecule has 102 heavy (non-hydrogen) atoms. The van der Waals surface area contributed by atoms with Crippen LogP contribution in [0.2, 0.25) is 0 Å². The van der Waals surface area contributed by atoms with E-state index in [2.05, 4.69) is 68.5 Å². The third-order valence-electron chi connectivity index (χ3n) is 16.1. The number of hydrogen-bond acceptors (Lipinski definition) is 16. The zero-order valence-corrected chi connectivity index (χ0v) is 61.4. The molecule has 0 spiro atoms. The third-order valence-corrected chi connectivity index (χ3v) is 16.1. The molecule has 0 radical (unpaired) electrons. The molecule has 4 aromatic heterocycles. The van der Waals surface area contributed by atoms with Crippen molar-refractivity contribution in [2.45, 2.75) is 116 Å². The Hall–Kier alpha value is -9.26. The number of benzene rings is 8. The van der Waals surface area contributed by atoms with Crippen molar-refractivity contribution in [3.05, 3.63) is 313 Å². The summed E-state index contributed by atoms with van der Waals surface area (Å²) >= 11 is 0. The Morgan fingerprint density at radius 3 is 0.480 bits per heavy atom. The predicted molar refractivity (Wildman–Crippen MR) is 381 cm³/mol. The summed E-state index contributed by atoms with van der Waals surface area (Å²) in [5, 5.41) is 68.3. The van der Waals surface area contributed by atoms with Crippen LogP contribution in [0.4, 0.5) is 0 Å². The van der Waals surface area contributed by atoms with Gasteiger partial charge in [-0.05, 0) is 96.2 Å². The van der Waals surface area contributed by atoms with Gasteiger partial charge in [-0.15, -0.1) is 0 Å². The second-order valence-electron chi connectivity index (χ2n) is 22.6. The van der Waals surface area contributed by atoms with Crippen LogP contribution in [0, 0.1) is 75.5 Å². The zero-order valence-electron chi connectivity index (χ0n) is 57.6. The van der Waals surface area contributed by atoms with Crippen LogP contribution >= 0.6 is 0 Å². The molecule has 0 N–H and O–H groups in total. The SMILES string of the molecule is CC[C@@H](C(=O)[O-])c1ccccc1.CC[C@@H](C(=O)[O-])c1ccccc1.CC[C@@H](C(=O)[O-])c1ccccc1.CC[C@@H](C(=O)[O-])c1ccccc1.CC[C@@H](C(=O)[O-])c1ccccc1.CC[C@@H](C(=O)[O-])c1ccccc1.[Ho+3].[Ho+3].c1cnc2c(c1)ccc1cccnc12.c1cnc2c(c1)ccc1cccnc12. The maximum absolute atomic E-state index is 10.6. The second-order valence-corrected chi connectivity index (χ2v) is 22.6. The van der Waals surface area contributed by atoms with E-state index in [1.54, 1.807) is 24.8 Å². The molecule has 16 nitrogen and oxygen atoms in total. The van der Waals surface area contributed by atoms with Crippen LogP contribution in [0.5, 0.6) is 0 Å². The molecule has 0 aliphatic carbocycles. The van der Waals surface area contributed by atoms with Gasteiger partial charge in [-0.3, -0.25) is 19.9 Å². The molecular formula is C84H82Ho2N4O12. The van der Waals surface area contributed by atoms with Crippen LogP contribution in [0.3, 0.4) is 0 Å². The summed E-state index contributed by atoms with van der Waals surface area (Å²) in [5.74, 6) is -8.78. The molecule has 0 saturated carbocycles. The van der Waals surface area contributed by atoms with Gasteiger partial charge in [0.25, 0.3) is 0 Å². The van der Waals surface area contributed by atoms with E-state index in [1.807, 2.05) is 248 Å². The second kappa shape index (κ2) is 48.5. The Labute approximate surface area is 656 Å². The Kier molecular flexibility index (Phi) is 41.4. The molecule has 0 bridgehead atoms. The van der Waals surface area contributed by atoms with Gasteiger partial charge in [-0.1, -0.05) is 272 Å². The normalized spacial score (nSPS) is 11.7. The Bertz CT molecular complexity index is 3750. The van der Waals surface area contributed by atoms with Crippen LogP contribution in [-0.4, -0.2) is 55.8 Å². The largest absolute Gasteiger partial charge is 3.00 e. The fraction of sp³-hybridized carbons (Fsp3) is 0.214. The Morgan fingerprint density at radius 1 is 0.225 bits per heavy atom. The van der Waals surface area contributed by atoms with Crippen molar-refractivity contribution in [2.24, 2.45) is 0 Å². The summed E-state index contributed by atoms with van der Waals surface area (Å²) in [5.41, 5.74) is 8.83. The summed E-state index contributed by atoms with van der Waals surface area (Å²) in [6, 6.07) is 79.2. The van der Waals surface area contributed by atoms with Gasteiger partial charge in [0.15, 0.2) is 0 Å². The standard InChI is InChI=1S/2C12H8N2.6C10H12O2.2Ho/c2*1-3-9-5-6-10-4-2-8-14-12(10)11(9)13-7-1;6*1-2-9(10(11)12)8-6-4-3-5-7-8;;/h2*1-8H;6*3-7,9H,2H2,1H3,(H,11,12);;/q;;;;;;;;2*+3/p-6/t;;6*9-;;/m..111111../s1. The van der Waals surface area contributed by atoms with E-state index in [1.165, 1.54) is 0 Å². The molecule has 8 aromatic carbocycles. The van der Waals surface area contributed by atoms with E-state index in [9.17, 15) is 59.4 Å². The Balaban J connectivity index is 0.000000303. The maximum atomic E-state index is 10.6. The molecule has 0 aliphatic rings. The molecule has 0 amide bonds. The van der Waals surface area contributed by atoms with Crippen molar-refractivity contribution >= 4 is 79.4 Å². The minimum atomic E-state index is -0.997. The minimum absolute atomic E-state index is 0. The number of hydrogen-bond donors (Lipinski definition) is 0. The van der Waals surface area contributed by atoms with Gasteiger partial charge in [0.2, 0.25) is 0 Å². The molecule has 12 aromatic rings. The first-order valence-electron chi connectivity index (χ1n) is 33.1. The van der Waals surface area contributed by atoms with Gasteiger partial charge in [0.1, 0.15) is 0 Å². The number of rotatable bonds is 18. The van der Waals surface area contributed by atoms with Crippen LogP contribution in [0.15, 0.2) is 280 Å². The molecule has 0 saturated heterocycles. The van der Waals surface area contributed by atoms with Gasteiger partial charge >= 0.3 is 75.5 Å². The van der Waals surface area contributed by atoms with E-state index >= 15 is 0 Å². The average molecular weight is 1670 g/mol. The van der Waals surface area contributed by atoms with E-state index in [4.69, 9.17) is 0 Å². The topological polar surface area (TPSA) is 292 Å². The van der Waals surface area contributed by atoms with Crippen LogP contribution in [-0.2, 0) is 28.8 Å². The van der Waals surface area contributed by atoms with E-state index < -0.39 is 71.3 Å². The maximum Gasteiger partial charge on any atom is 3.00 e. The van der Waals surface area contributed by atoms with E-state index in [0.717, 1.165) is 77.0 Å². The van der Waals surface area contributed by atoms with Crippen molar-refractivity contribution in [1.82, 2.24) is 19.9 Å². The summed E-state index contributed by atoms with van der Waals surface area (Å²) in [4.78, 5) is 81.1. The number of pyridine rings is 4. The number of nitrogens with zero attached hydrogens (tertiary/aromatic N) is 4. The monoisotopic (exact) mass is 1670 g/mol. The molecule has 0 fully saturated rings. The van der Waals surface area contributed by atoms with Gasteiger partial charge in [0.05, 0.1) is 22.1 Å². The predicted octanol–water partition coefficient (Wildman–Crippen LogP) is 11.1. The fourth-order valence-corrected chi connectivity index (χ4v) is 10.7. The quantitative estimate of drug-likeness (QED) is 0.0569. The summed E-state index contributed by atoms with van der Waals surface area (Å²) in [7, 11) is 0. The number of carboxylic acid groups (broad SMARTS) is 6. The minimum Gasteiger partial charge on any atom is -0.549 e. The van der Waals surface area contributed by atoms with Crippen molar-refractivity contribution in [3.8, 4) is 0 Å². The van der Waals surface area contributed by atoms with E-state index in [-0.39, 0.29) is 75.5 Å². The molecule has 18 heteroatoms. The van der Waals surface area contributed by atoms with Crippen LogP contribution in [0.25, 0.3) is 43.6 Å². The van der Waals surface area contributed by atoms with Crippen LogP contribution in [0.1, 0.15) is 149 Å². The van der Waals surface area contributed by atoms with Crippen molar-refractivity contribution in [1.29, 1.82) is 0 Å².